The molecule has 2 aliphatic heterocycles. The maximum Gasteiger partial charge on any atom is 0.335 e. The Hall–Kier alpha value is -2.07. The summed E-state index contributed by atoms with van der Waals surface area (Å²) in [5.41, 5.74) is 3.06. The Balaban J connectivity index is 0.999. The van der Waals surface area contributed by atoms with E-state index in [1.807, 2.05) is 6.07 Å². The van der Waals surface area contributed by atoms with Crippen molar-refractivity contribution in [2.45, 2.75) is 44.9 Å². The van der Waals surface area contributed by atoms with Crippen LogP contribution in [0.3, 0.4) is 0 Å². The van der Waals surface area contributed by atoms with Gasteiger partial charge in [-0.1, -0.05) is 28.4 Å². The topological polar surface area (TPSA) is 97.1 Å². The molecular formula is C26H34Cl2N4O5. The number of aromatic nitrogens is 1. The number of benzene rings is 1. The summed E-state index contributed by atoms with van der Waals surface area (Å²) < 4.78 is 10.7. The number of hydroxylamine groups is 1. The van der Waals surface area contributed by atoms with Crippen LogP contribution in [0.25, 0.3) is 11.0 Å². The first-order valence-corrected chi connectivity index (χ1v) is 14.0. The van der Waals surface area contributed by atoms with Gasteiger partial charge >= 0.3 is 5.97 Å². The number of carbonyl (C=O) groups is 2. The maximum atomic E-state index is 12.5. The minimum atomic E-state index is -0.352. The van der Waals surface area contributed by atoms with Crippen molar-refractivity contribution in [1.82, 2.24) is 15.5 Å². The first-order valence-electron chi connectivity index (χ1n) is 13.3. The first kappa shape index (κ1) is 26.5. The van der Waals surface area contributed by atoms with Crippen LogP contribution in [0, 0.1) is 17.8 Å². The number of rotatable bonds is 6. The second kappa shape index (κ2) is 12.2. The van der Waals surface area contributed by atoms with Gasteiger partial charge in [-0.15, -0.1) is 0 Å². The molecule has 2 saturated heterocycles. The molecule has 1 N–H and O–H groups in total. The Labute approximate surface area is 226 Å². The third kappa shape index (κ3) is 6.50. The second-order valence-electron chi connectivity index (χ2n) is 10.4. The van der Waals surface area contributed by atoms with Gasteiger partial charge in [-0.3, -0.25) is 9.69 Å². The van der Waals surface area contributed by atoms with Gasteiger partial charge in [-0.2, -0.15) is 5.48 Å². The largest absolute Gasteiger partial charge is 0.381 e. The van der Waals surface area contributed by atoms with Crippen LogP contribution in [0.4, 0.5) is 5.82 Å². The molecule has 1 aromatic heterocycles. The van der Waals surface area contributed by atoms with Gasteiger partial charge in [0, 0.05) is 51.4 Å². The number of nitrogens with one attached hydrogen (secondary N) is 1. The lowest BCUT2D eigenvalue weighted by Gasteiger charge is -2.36. The molecule has 0 unspecified atom stereocenters. The quantitative estimate of drug-likeness (QED) is 0.524. The van der Waals surface area contributed by atoms with Crippen molar-refractivity contribution < 1.29 is 23.7 Å². The van der Waals surface area contributed by atoms with Crippen molar-refractivity contribution in [3.63, 3.8) is 0 Å². The molecule has 0 atom stereocenters. The van der Waals surface area contributed by atoms with Crippen molar-refractivity contribution in [2.24, 2.45) is 17.8 Å². The van der Waals surface area contributed by atoms with Crippen LogP contribution in [-0.2, 0) is 19.2 Å². The third-order valence-corrected chi connectivity index (χ3v) is 8.77. The van der Waals surface area contributed by atoms with E-state index in [4.69, 9.17) is 37.3 Å². The Bertz CT molecular complexity index is 1090. The number of amides is 1. The van der Waals surface area contributed by atoms with Crippen molar-refractivity contribution in [3.05, 3.63) is 22.2 Å². The van der Waals surface area contributed by atoms with E-state index in [1.165, 1.54) is 0 Å². The molecule has 3 fully saturated rings. The first-order chi connectivity index (χ1) is 18.0. The molecular weight excluding hydrogens is 519 g/mol. The number of halogens is 2. The molecule has 1 aromatic carbocycles. The van der Waals surface area contributed by atoms with E-state index < -0.39 is 0 Å². The van der Waals surface area contributed by atoms with Crippen LogP contribution in [0.1, 0.15) is 44.9 Å². The highest BCUT2D eigenvalue weighted by molar-refractivity contribution is 6.42. The molecule has 3 aliphatic rings. The minimum absolute atomic E-state index is 0.0806. The summed E-state index contributed by atoms with van der Waals surface area (Å²) in [6.07, 6.45) is 6.16. The summed E-state index contributed by atoms with van der Waals surface area (Å²) in [4.78, 5) is 34.4. The number of hydrogen-bond donors (Lipinski definition) is 1. The van der Waals surface area contributed by atoms with Gasteiger partial charge in [0.15, 0.2) is 11.4 Å². The zero-order valence-corrected chi connectivity index (χ0v) is 22.4. The van der Waals surface area contributed by atoms with Gasteiger partial charge in [0.25, 0.3) is 5.91 Å². The van der Waals surface area contributed by atoms with Crippen molar-refractivity contribution >= 4 is 51.9 Å². The third-order valence-electron chi connectivity index (χ3n) is 8.04. The number of anilines is 1. The SMILES string of the molecule is O=C(NOC(=O)C1CCOCC1)C1CCC(CCN2CCN(c3noc4cc(Cl)c(Cl)cc34)CC2)CC1. The van der Waals surface area contributed by atoms with Crippen molar-refractivity contribution in [3.8, 4) is 0 Å². The average molecular weight is 553 g/mol. The van der Waals surface area contributed by atoms with E-state index in [0.29, 0.717) is 47.6 Å². The lowest BCUT2D eigenvalue weighted by atomic mass is 9.80. The maximum absolute atomic E-state index is 12.5. The zero-order valence-electron chi connectivity index (χ0n) is 20.9. The van der Waals surface area contributed by atoms with E-state index in [1.54, 1.807) is 6.07 Å². The fraction of sp³-hybridized carbons (Fsp3) is 0.654. The smallest absolute Gasteiger partial charge is 0.335 e. The van der Waals surface area contributed by atoms with Crippen molar-refractivity contribution in [2.75, 3.05) is 50.8 Å². The molecule has 1 amide bonds. The minimum Gasteiger partial charge on any atom is -0.381 e. The molecule has 5 rings (SSSR count). The number of fused-ring (bicyclic) bond motifs is 1. The highest BCUT2D eigenvalue weighted by Gasteiger charge is 2.29. The highest BCUT2D eigenvalue weighted by Crippen LogP contribution is 2.34. The van der Waals surface area contributed by atoms with Crippen LogP contribution in [-0.4, -0.2) is 67.9 Å². The van der Waals surface area contributed by atoms with Gasteiger partial charge < -0.3 is 19.0 Å². The van der Waals surface area contributed by atoms with E-state index in [0.717, 1.165) is 76.0 Å². The summed E-state index contributed by atoms with van der Waals surface area (Å²) in [6.45, 7) is 5.87. The number of ether oxygens (including phenoxy) is 1. The lowest BCUT2D eigenvalue weighted by molar-refractivity contribution is -0.166. The molecule has 0 radical (unpaired) electrons. The summed E-state index contributed by atoms with van der Waals surface area (Å²) in [5.74, 6) is 0.665. The van der Waals surface area contributed by atoms with Gasteiger partial charge in [0.1, 0.15) is 0 Å². The molecule has 202 valence electrons. The van der Waals surface area contributed by atoms with Gasteiger partial charge in [0.05, 0.1) is 21.3 Å². The van der Waals surface area contributed by atoms with E-state index in [-0.39, 0.29) is 23.7 Å². The molecule has 0 bridgehead atoms. The van der Waals surface area contributed by atoms with Gasteiger partial charge in [-0.25, -0.2) is 4.79 Å². The summed E-state index contributed by atoms with van der Waals surface area (Å²) >= 11 is 12.3. The van der Waals surface area contributed by atoms with Gasteiger partial charge in [0.2, 0.25) is 0 Å². The monoisotopic (exact) mass is 552 g/mol. The summed E-state index contributed by atoms with van der Waals surface area (Å²) in [7, 11) is 0. The highest BCUT2D eigenvalue weighted by atomic mass is 35.5. The Morgan fingerprint density at radius 3 is 2.41 bits per heavy atom. The number of nitrogens with zero attached hydrogens (tertiary/aromatic N) is 3. The predicted molar refractivity (Wildman–Crippen MR) is 141 cm³/mol. The van der Waals surface area contributed by atoms with Crippen LogP contribution < -0.4 is 10.4 Å². The average Bonchev–Trinajstić information content (AvgIpc) is 3.34. The number of hydrogen-bond acceptors (Lipinski definition) is 8. The number of piperazine rings is 1. The van der Waals surface area contributed by atoms with Gasteiger partial charge in [-0.05, 0) is 63.5 Å². The fourth-order valence-corrected chi connectivity index (χ4v) is 5.93. The molecule has 2 aromatic rings. The van der Waals surface area contributed by atoms with Crippen LogP contribution in [0.15, 0.2) is 16.7 Å². The number of carbonyl (C=O) groups excluding carboxylic acids is 2. The Morgan fingerprint density at radius 2 is 1.68 bits per heavy atom. The van der Waals surface area contributed by atoms with Crippen molar-refractivity contribution in [1.29, 1.82) is 0 Å². The van der Waals surface area contributed by atoms with Crippen LogP contribution >= 0.6 is 23.2 Å². The van der Waals surface area contributed by atoms with Crippen LogP contribution in [0.2, 0.25) is 10.0 Å². The molecule has 1 aliphatic carbocycles. The molecule has 1 saturated carbocycles. The Kier molecular flexibility index (Phi) is 8.74. The summed E-state index contributed by atoms with van der Waals surface area (Å²) in [5, 5.41) is 6.12. The van der Waals surface area contributed by atoms with E-state index in [2.05, 4.69) is 20.4 Å². The molecule has 11 heteroatoms. The van der Waals surface area contributed by atoms with E-state index in [9.17, 15) is 9.59 Å². The standard InChI is InChI=1S/C26H34Cl2N4O5/c27-21-15-20-23(16-22(21)28)36-29-24(20)32-11-9-31(10-12-32)8-5-17-1-3-18(4-2-17)25(33)30-37-26(34)19-6-13-35-14-7-19/h15-19H,1-14H2,(H,30,33). The zero-order chi connectivity index (χ0) is 25.8. The lowest BCUT2D eigenvalue weighted by Crippen LogP contribution is -2.47. The summed E-state index contributed by atoms with van der Waals surface area (Å²) in [6, 6.07) is 3.54. The molecule has 37 heavy (non-hydrogen) atoms. The van der Waals surface area contributed by atoms with Crippen LogP contribution in [0.5, 0.6) is 0 Å². The fourth-order valence-electron chi connectivity index (χ4n) is 5.61. The van der Waals surface area contributed by atoms with E-state index >= 15 is 0 Å². The Morgan fingerprint density at radius 1 is 0.973 bits per heavy atom. The molecule has 0 spiro atoms. The molecule has 9 nitrogen and oxygen atoms in total. The normalized spacial score (nSPS) is 23.8. The second-order valence-corrected chi connectivity index (χ2v) is 11.2. The predicted octanol–water partition coefficient (Wildman–Crippen LogP) is 4.45. The molecule has 3 heterocycles.